The molecule has 286 valence electrons. The standard InChI is InChI=1S/2C22H39NO.Ni/c2*1-3-4-5-6-7-8-9-10-11-15-18-22(23(2)19-20-24)21-16-13-12-14-17-21;/h2*12-14,16-17,22,24H,3-11,15,18-20H2,1-2H3;. The van der Waals surface area contributed by atoms with Gasteiger partial charge in [-0.25, -0.2) is 0 Å². The van der Waals surface area contributed by atoms with Gasteiger partial charge in [-0.2, -0.15) is 0 Å². The SMILES string of the molecule is CCCCCCCCCCCCC(c1ccccc1)N(C)CCO.CCCCCCCCCCCCC(c1ccccc1)N(C)CCO.[Ni]. The van der Waals surface area contributed by atoms with Gasteiger partial charge in [0.25, 0.3) is 0 Å². The molecular weight excluding hydrogens is 647 g/mol. The monoisotopic (exact) mass is 725 g/mol. The summed E-state index contributed by atoms with van der Waals surface area (Å²) in [5.41, 5.74) is 2.76. The fraction of sp³-hybridized carbons (Fsp3) is 0.727. The maximum Gasteiger partial charge on any atom is 0.0558 e. The van der Waals surface area contributed by atoms with E-state index in [0.717, 1.165) is 13.1 Å². The van der Waals surface area contributed by atoms with Crippen molar-refractivity contribution in [2.24, 2.45) is 0 Å². The van der Waals surface area contributed by atoms with Gasteiger partial charge in [0.15, 0.2) is 0 Å². The van der Waals surface area contributed by atoms with E-state index in [1.54, 1.807) is 0 Å². The topological polar surface area (TPSA) is 46.9 Å². The first-order valence-corrected chi connectivity index (χ1v) is 20.3. The summed E-state index contributed by atoms with van der Waals surface area (Å²) in [7, 11) is 4.26. The minimum absolute atomic E-state index is 0. The van der Waals surface area contributed by atoms with E-state index in [9.17, 15) is 10.2 Å². The average Bonchev–Trinajstić information content (AvgIpc) is 3.11. The Kier molecular flexibility index (Phi) is 34.3. The van der Waals surface area contributed by atoms with Crippen LogP contribution in [-0.4, -0.2) is 60.4 Å². The molecule has 2 unspecified atom stereocenters. The zero-order chi connectivity index (χ0) is 34.9. The van der Waals surface area contributed by atoms with Crippen LogP contribution in [0.5, 0.6) is 0 Å². The van der Waals surface area contributed by atoms with Gasteiger partial charge in [-0.3, -0.25) is 9.80 Å². The van der Waals surface area contributed by atoms with Crippen LogP contribution in [0.1, 0.15) is 178 Å². The van der Waals surface area contributed by atoms with Crippen molar-refractivity contribution < 1.29 is 26.7 Å². The number of hydrogen-bond acceptors (Lipinski definition) is 4. The van der Waals surface area contributed by atoms with Crippen molar-refractivity contribution in [2.75, 3.05) is 40.4 Å². The second kappa shape index (κ2) is 35.2. The molecule has 0 bridgehead atoms. The van der Waals surface area contributed by atoms with Crippen molar-refractivity contribution in [3.05, 3.63) is 71.8 Å². The van der Waals surface area contributed by atoms with E-state index in [-0.39, 0.29) is 29.7 Å². The quantitative estimate of drug-likeness (QED) is 0.0622. The van der Waals surface area contributed by atoms with E-state index in [0.29, 0.717) is 12.1 Å². The Hall–Kier alpha value is -1.23. The molecule has 0 aliphatic rings. The summed E-state index contributed by atoms with van der Waals surface area (Å²) in [6.07, 6.45) is 30.0. The molecule has 2 N–H and O–H groups in total. The van der Waals surface area contributed by atoms with E-state index in [1.165, 1.54) is 152 Å². The third-order valence-electron chi connectivity index (χ3n) is 10.0. The van der Waals surface area contributed by atoms with Crippen LogP contribution < -0.4 is 0 Å². The Bertz CT molecular complexity index is 840. The molecule has 0 amide bonds. The number of hydrogen-bond donors (Lipinski definition) is 2. The summed E-state index contributed by atoms with van der Waals surface area (Å²) in [6.45, 7) is 6.52. The first-order chi connectivity index (χ1) is 23.6. The Morgan fingerprint density at radius 3 is 0.959 bits per heavy atom. The Balaban J connectivity index is 0.000000922. The van der Waals surface area contributed by atoms with Crippen molar-refractivity contribution in [1.29, 1.82) is 0 Å². The first kappa shape index (κ1) is 47.8. The zero-order valence-electron chi connectivity index (χ0n) is 32.4. The van der Waals surface area contributed by atoms with Crippen LogP contribution in [0.2, 0.25) is 0 Å². The molecule has 2 atom stereocenters. The van der Waals surface area contributed by atoms with Gasteiger partial charge < -0.3 is 10.2 Å². The number of nitrogens with zero attached hydrogens (tertiary/aromatic N) is 2. The summed E-state index contributed by atoms with van der Waals surface area (Å²) in [6, 6.07) is 22.4. The number of aliphatic hydroxyl groups is 2. The Labute approximate surface area is 314 Å². The fourth-order valence-corrected chi connectivity index (χ4v) is 6.91. The van der Waals surface area contributed by atoms with Gasteiger partial charge in [0, 0.05) is 41.7 Å². The normalized spacial score (nSPS) is 12.4. The minimum atomic E-state index is 0. The Morgan fingerprint density at radius 2 is 0.694 bits per heavy atom. The summed E-state index contributed by atoms with van der Waals surface area (Å²) in [4.78, 5) is 4.59. The molecule has 0 saturated heterocycles. The molecule has 0 spiro atoms. The maximum absolute atomic E-state index is 9.24. The number of aliphatic hydroxyl groups excluding tert-OH is 2. The van der Waals surface area contributed by atoms with Crippen LogP contribution in [0.15, 0.2) is 60.7 Å². The molecule has 0 aliphatic heterocycles. The van der Waals surface area contributed by atoms with E-state index in [1.807, 2.05) is 0 Å². The van der Waals surface area contributed by atoms with Crippen LogP contribution in [0.3, 0.4) is 0 Å². The third-order valence-corrected chi connectivity index (χ3v) is 10.0. The summed E-state index contributed by atoms with van der Waals surface area (Å²) in [5.74, 6) is 0. The van der Waals surface area contributed by atoms with Gasteiger partial charge in [0.1, 0.15) is 0 Å². The van der Waals surface area contributed by atoms with Crippen LogP contribution in [0, 0.1) is 0 Å². The van der Waals surface area contributed by atoms with Gasteiger partial charge in [0.2, 0.25) is 0 Å². The van der Waals surface area contributed by atoms with Crippen molar-refractivity contribution in [3.63, 3.8) is 0 Å². The molecule has 2 rings (SSSR count). The van der Waals surface area contributed by atoms with Gasteiger partial charge >= 0.3 is 0 Å². The van der Waals surface area contributed by atoms with E-state index >= 15 is 0 Å². The molecule has 0 fully saturated rings. The minimum Gasteiger partial charge on any atom is -0.395 e. The average molecular weight is 726 g/mol. The number of rotatable bonds is 30. The smallest absolute Gasteiger partial charge is 0.0558 e. The third kappa shape index (κ3) is 25.4. The second-order valence-corrected chi connectivity index (χ2v) is 14.2. The van der Waals surface area contributed by atoms with Crippen LogP contribution >= 0.6 is 0 Å². The number of likely N-dealkylation sites (N-methyl/N-ethyl adjacent to an activating group) is 2. The number of benzene rings is 2. The Morgan fingerprint density at radius 1 is 0.429 bits per heavy atom. The van der Waals surface area contributed by atoms with Crippen molar-refractivity contribution in [3.8, 4) is 0 Å². The van der Waals surface area contributed by atoms with Crippen LogP contribution in [0.4, 0.5) is 0 Å². The maximum atomic E-state index is 9.24. The summed E-state index contributed by atoms with van der Waals surface area (Å²) >= 11 is 0. The first-order valence-electron chi connectivity index (χ1n) is 20.3. The van der Waals surface area contributed by atoms with Crippen LogP contribution in [0.25, 0.3) is 0 Å². The van der Waals surface area contributed by atoms with E-state index in [4.69, 9.17) is 0 Å². The fourth-order valence-electron chi connectivity index (χ4n) is 6.91. The molecule has 0 radical (unpaired) electrons. The molecule has 0 aliphatic carbocycles. The van der Waals surface area contributed by atoms with Crippen molar-refractivity contribution in [2.45, 2.75) is 167 Å². The largest absolute Gasteiger partial charge is 0.395 e. The molecule has 49 heavy (non-hydrogen) atoms. The molecule has 0 aromatic heterocycles. The van der Waals surface area contributed by atoms with Crippen LogP contribution in [-0.2, 0) is 16.5 Å². The van der Waals surface area contributed by atoms with E-state index < -0.39 is 0 Å². The molecule has 4 nitrogen and oxygen atoms in total. The molecule has 2 aromatic carbocycles. The van der Waals surface area contributed by atoms with Gasteiger partial charge in [-0.1, -0.05) is 203 Å². The van der Waals surface area contributed by atoms with Gasteiger partial charge in [0.05, 0.1) is 13.2 Å². The molecule has 0 saturated carbocycles. The molecule has 5 heteroatoms. The summed E-state index contributed by atoms with van der Waals surface area (Å²) in [5, 5.41) is 18.5. The predicted octanol–water partition coefficient (Wildman–Crippen LogP) is 11.9. The molecule has 2 aromatic rings. The van der Waals surface area contributed by atoms with Gasteiger partial charge in [-0.15, -0.1) is 0 Å². The van der Waals surface area contributed by atoms with Crippen molar-refractivity contribution in [1.82, 2.24) is 9.80 Å². The number of unbranched alkanes of at least 4 members (excludes halogenated alkanes) is 18. The second-order valence-electron chi connectivity index (χ2n) is 14.2. The van der Waals surface area contributed by atoms with E-state index in [2.05, 4.69) is 98.4 Å². The summed E-state index contributed by atoms with van der Waals surface area (Å²) < 4.78 is 0. The zero-order valence-corrected chi connectivity index (χ0v) is 33.4. The predicted molar refractivity (Wildman–Crippen MR) is 211 cm³/mol. The van der Waals surface area contributed by atoms with Gasteiger partial charge in [-0.05, 0) is 38.1 Å². The molecule has 0 heterocycles. The molecular formula is C44H78N2NiO2. The van der Waals surface area contributed by atoms with Crippen molar-refractivity contribution >= 4 is 0 Å².